The third-order valence-electron chi connectivity index (χ3n) is 3.06. The largest absolute Gasteiger partial charge is 0.500 e. The van der Waals surface area contributed by atoms with Gasteiger partial charge in [-0.1, -0.05) is 0 Å². The number of aliphatic hydroxyl groups is 1. The van der Waals surface area contributed by atoms with Gasteiger partial charge in [-0.05, 0) is 47.5 Å². The molecule has 0 spiro atoms. The minimum atomic E-state index is -2.77. The minimum absolute atomic E-state index is 0.131. The first-order valence-electron chi connectivity index (χ1n) is 8.63. The highest BCUT2D eigenvalue weighted by molar-refractivity contribution is 6.60. The number of hydrogen-bond acceptors (Lipinski definition) is 7. The zero-order valence-electron chi connectivity index (χ0n) is 15.6. The van der Waals surface area contributed by atoms with Gasteiger partial charge in [-0.15, -0.1) is 0 Å². The third kappa shape index (κ3) is 8.14. The Hall–Kier alpha value is -1.09. The van der Waals surface area contributed by atoms with E-state index in [1.54, 1.807) is 13.8 Å². The molecule has 0 aromatic carbocycles. The lowest BCUT2D eigenvalue weighted by molar-refractivity contribution is -0.139. The van der Waals surface area contributed by atoms with E-state index in [0.717, 1.165) is 0 Å². The van der Waals surface area contributed by atoms with Crippen LogP contribution < -0.4 is 0 Å². The van der Waals surface area contributed by atoms with E-state index in [1.165, 1.54) is 0 Å². The van der Waals surface area contributed by atoms with Gasteiger partial charge in [-0.25, -0.2) is 4.79 Å². The Kier molecular flexibility index (Phi) is 12.6. The highest BCUT2D eigenvalue weighted by atomic mass is 28.4. The number of aliphatic hydroxyl groups excluding tert-OH is 1. The van der Waals surface area contributed by atoms with E-state index < -0.39 is 14.8 Å². The van der Waals surface area contributed by atoms with Crippen LogP contribution in [0.4, 0.5) is 0 Å². The Labute approximate surface area is 146 Å². The lowest BCUT2D eigenvalue weighted by atomic mass is 10.1. The topological polar surface area (TPSA) is 83.5 Å². The van der Waals surface area contributed by atoms with Crippen LogP contribution in [0.2, 0.25) is 6.04 Å². The quantitative estimate of drug-likeness (QED) is 0.219. The summed E-state index contributed by atoms with van der Waals surface area (Å²) in [5.41, 5.74) is 0.131. The fourth-order valence-electron chi connectivity index (χ4n) is 2.22. The maximum absolute atomic E-state index is 12.0. The molecule has 0 saturated carbocycles. The van der Waals surface area contributed by atoms with Crippen LogP contribution in [0, 0.1) is 0 Å². The summed E-state index contributed by atoms with van der Waals surface area (Å²) < 4.78 is 27.4. The first kappa shape index (κ1) is 22.9. The van der Waals surface area contributed by atoms with Crippen LogP contribution in [0.25, 0.3) is 0 Å². The van der Waals surface area contributed by atoms with Crippen molar-refractivity contribution < 1.29 is 32.7 Å². The first-order valence-corrected chi connectivity index (χ1v) is 10.6. The van der Waals surface area contributed by atoms with Gasteiger partial charge in [0, 0.05) is 25.9 Å². The summed E-state index contributed by atoms with van der Waals surface area (Å²) in [5, 5.41) is 9.92. The van der Waals surface area contributed by atoms with Gasteiger partial charge in [-0.3, -0.25) is 0 Å². The fraction of sp³-hybridized carbons (Fsp3) is 0.812. The number of carbonyl (C=O) groups is 1. The van der Waals surface area contributed by atoms with Crippen molar-refractivity contribution in [2.75, 3.05) is 33.0 Å². The Morgan fingerprint density at radius 2 is 1.33 bits per heavy atom. The molecular formula is C16H32O7Si. The van der Waals surface area contributed by atoms with Crippen LogP contribution in [0.15, 0.2) is 11.5 Å². The molecule has 142 valence electrons. The van der Waals surface area contributed by atoms with E-state index in [-0.39, 0.29) is 24.7 Å². The van der Waals surface area contributed by atoms with Gasteiger partial charge in [-0.2, -0.15) is 0 Å². The van der Waals surface area contributed by atoms with Crippen LogP contribution in [-0.2, 0) is 27.5 Å². The predicted octanol–water partition coefficient (Wildman–Crippen LogP) is 3.18. The zero-order valence-corrected chi connectivity index (χ0v) is 16.6. The molecule has 24 heavy (non-hydrogen) atoms. The molecular weight excluding hydrogens is 332 g/mol. The Balaban J connectivity index is 4.98. The molecule has 0 rings (SSSR count). The predicted molar refractivity (Wildman–Crippen MR) is 92.6 cm³/mol. The number of ether oxygens (including phenoxy) is 2. The minimum Gasteiger partial charge on any atom is -0.481 e. The van der Waals surface area contributed by atoms with Gasteiger partial charge >= 0.3 is 14.8 Å². The first-order chi connectivity index (χ1) is 11.5. The molecule has 0 fully saturated rings. The second-order valence-corrected chi connectivity index (χ2v) is 7.50. The van der Waals surface area contributed by atoms with Crippen molar-refractivity contribution in [3.05, 3.63) is 11.5 Å². The summed E-state index contributed by atoms with van der Waals surface area (Å²) in [4.78, 5) is 12.0. The van der Waals surface area contributed by atoms with Crippen molar-refractivity contribution in [2.24, 2.45) is 0 Å². The Morgan fingerprint density at radius 1 is 0.833 bits per heavy atom. The SMILES string of the molecule is CCOC(=O)/C(CCC[Si](OCC)(OCC)OCC)=C(/O)OCC. The van der Waals surface area contributed by atoms with Crippen LogP contribution in [0.3, 0.4) is 0 Å². The molecule has 7 nitrogen and oxygen atoms in total. The number of hydrogen-bond donors (Lipinski definition) is 1. The molecule has 0 aliphatic heterocycles. The second-order valence-electron chi connectivity index (χ2n) is 4.77. The average Bonchev–Trinajstić information content (AvgIpc) is 2.52. The Bertz CT molecular complexity index is 368. The van der Waals surface area contributed by atoms with Crippen LogP contribution in [-0.4, -0.2) is 52.9 Å². The summed E-state index contributed by atoms with van der Waals surface area (Å²) in [6, 6.07) is 0.546. The van der Waals surface area contributed by atoms with E-state index in [4.69, 9.17) is 22.8 Å². The lowest BCUT2D eigenvalue weighted by Crippen LogP contribution is -2.45. The molecule has 0 heterocycles. The molecule has 0 bridgehead atoms. The molecule has 0 aliphatic rings. The van der Waals surface area contributed by atoms with Crippen molar-refractivity contribution in [3.63, 3.8) is 0 Å². The zero-order chi connectivity index (χ0) is 18.4. The molecule has 0 atom stereocenters. The molecule has 0 aliphatic carbocycles. The van der Waals surface area contributed by atoms with Crippen molar-refractivity contribution in [2.45, 2.75) is 53.5 Å². The van der Waals surface area contributed by atoms with Gasteiger partial charge in [0.15, 0.2) is 0 Å². The summed E-state index contributed by atoms with van der Waals surface area (Å²) in [7, 11) is -2.77. The van der Waals surface area contributed by atoms with E-state index in [2.05, 4.69) is 0 Å². The van der Waals surface area contributed by atoms with Crippen molar-refractivity contribution in [3.8, 4) is 0 Å². The summed E-state index contributed by atoms with van der Waals surface area (Å²) in [6.45, 7) is 11.1. The molecule has 1 N–H and O–H groups in total. The van der Waals surface area contributed by atoms with Gasteiger partial charge in [0.05, 0.1) is 13.2 Å². The second kappa shape index (κ2) is 13.2. The van der Waals surface area contributed by atoms with Crippen LogP contribution >= 0.6 is 0 Å². The fourth-order valence-corrected chi connectivity index (χ4v) is 4.83. The highest BCUT2D eigenvalue weighted by Crippen LogP contribution is 2.22. The standard InChI is InChI=1S/C16H32O7Si/c1-6-19-15(17)14(16(18)20-7-2)12-11-13-24(21-8-3,22-9-4)23-10-5/h17H,6-13H2,1-5H3/b15-14-. The maximum Gasteiger partial charge on any atom is 0.500 e. The third-order valence-corrected chi connectivity index (χ3v) is 6.21. The van der Waals surface area contributed by atoms with Crippen molar-refractivity contribution in [1.29, 1.82) is 0 Å². The molecule has 0 unspecified atom stereocenters. The normalized spacial score (nSPS) is 12.7. The van der Waals surface area contributed by atoms with Gasteiger partial charge < -0.3 is 27.9 Å². The average molecular weight is 365 g/mol. The van der Waals surface area contributed by atoms with E-state index in [9.17, 15) is 9.90 Å². The molecule has 0 aromatic heterocycles. The monoisotopic (exact) mass is 364 g/mol. The van der Waals surface area contributed by atoms with Crippen molar-refractivity contribution in [1.82, 2.24) is 0 Å². The summed E-state index contributed by atoms with van der Waals surface area (Å²) >= 11 is 0. The van der Waals surface area contributed by atoms with Gasteiger partial charge in [0.1, 0.15) is 5.57 Å². The lowest BCUT2D eigenvalue weighted by Gasteiger charge is -2.28. The molecule has 0 saturated heterocycles. The molecule has 0 radical (unpaired) electrons. The van der Waals surface area contributed by atoms with Gasteiger partial charge in [0.25, 0.3) is 5.95 Å². The number of carbonyl (C=O) groups excluding carboxylic acids is 1. The molecule has 8 heteroatoms. The number of rotatable bonds is 14. The Morgan fingerprint density at radius 3 is 1.75 bits per heavy atom. The van der Waals surface area contributed by atoms with Crippen LogP contribution in [0.5, 0.6) is 0 Å². The summed E-state index contributed by atoms with van der Waals surface area (Å²) in [5.74, 6) is -0.951. The number of esters is 1. The molecule has 0 aromatic rings. The van der Waals surface area contributed by atoms with E-state index in [1.807, 2.05) is 20.8 Å². The maximum atomic E-state index is 12.0. The molecule has 0 amide bonds. The van der Waals surface area contributed by atoms with Crippen LogP contribution in [0.1, 0.15) is 47.5 Å². The van der Waals surface area contributed by atoms with E-state index in [0.29, 0.717) is 38.7 Å². The van der Waals surface area contributed by atoms with Crippen molar-refractivity contribution >= 4 is 14.8 Å². The van der Waals surface area contributed by atoms with Gasteiger partial charge in [0.2, 0.25) is 0 Å². The smallest absolute Gasteiger partial charge is 0.481 e. The highest BCUT2D eigenvalue weighted by Gasteiger charge is 2.40. The summed E-state index contributed by atoms with van der Waals surface area (Å²) in [6.07, 6.45) is 0.851. The van der Waals surface area contributed by atoms with E-state index >= 15 is 0 Å².